The van der Waals surface area contributed by atoms with Crippen molar-refractivity contribution < 1.29 is 24.1 Å². The fourth-order valence-electron chi connectivity index (χ4n) is 3.84. The quantitative estimate of drug-likeness (QED) is 0.516. The van der Waals surface area contributed by atoms with Gasteiger partial charge in [-0.1, -0.05) is 26.8 Å². The second-order valence-electron chi connectivity index (χ2n) is 7.36. The average molecular weight is 340 g/mol. The van der Waals surface area contributed by atoms with Crippen LogP contribution in [0.15, 0.2) is 12.2 Å². The largest absolute Gasteiger partial charge is 0.458 e. The van der Waals surface area contributed by atoms with Gasteiger partial charge >= 0.3 is 5.97 Å². The van der Waals surface area contributed by atoms with E-state index in [1.165, 1.54) is 6.08 Å². The molecular formula is C19H32O5. The van der Waals surface area contributed by atoms with Crippen molar-refractivity contribution >= 4 is 5.97 Å². The van der Waals surface area contributed by atoms with Crippen LogP contribution in [0.3, 0.4) is 0 Å². The number of aliphatic hydroxyl groups excluding tert-OH is 1. The number of esters is 1. The molecule has 0 saturated carbocycles. The van der Waals surface area contributed by atoms with Crippen LogP contribution < -0.4 is 0 Å². The maximum Gasteiger partial charge on any atom is 0.330 e. The SMILES string of the molecule is CC[C@@H]1C=CC(=O)O[C@@H]1C[C@@H](O)[C@H](C)[C@H](OC)[C@@H](C)C[C@@H]1O[C@H]1C. The molecule has 5 heteroatoms. The van der Waals surface area contributed by atoms with Crippen LogP contribution in [-0.4, -0.2) is 48.7 Å². The second-order valence-corrected chi connectivity index (χ2v) is 7.36. The number of epoxide rings is 1. The van der Waals surface area contributed by atoms with Crippen LogP contribution in [0.2, 0.25) is 0 Å². The van der Waals surface area contributed by atoms with Crippen LogP contribution in [0.25, 0.3) is 0 Å². The van der Waals surface area contributed by atoms with Crippen molar-refractivity contribution in [2.75, 3.05) is 7.11 Å². The lowest BCUT2D eigenvalue weighted by Crippen LogP contribution is -2.40. The summed E-state index contributed by atoms with van der Waals surface area (Å²) < 4.78 is 16.6. The molecular weight excluding hydrogens is 308 g/mol. The first-order valence-electron chi connectivity index (χ1n) is 9.12. The Morgan fingerprint density at radius 2 is 1.96 bits per heavy atom. The molecule has 0 aliphatic carbocycles. The van der Waals surface area contributed by atoms with Crippen LogP contribution in [0.5, 0.6) is 0 Å². The number of aliphatic hydroxyl groups is 1. The Morgan fingerprint density at radius 3 is 2.50 bits per heavy atom. The van der Waals surface area contributed by atoms with Gasteiger partial charge in [0.2, 0.25) is 0 Å². The third-order valence-corrected chi connectivity index (χ3v) is 5.57. The highest BCUT2D eigenvalue weighted by atomic mass is 16.6. The number of ether oxygens (including phenoxy) is 3. The van der Waals surface area contributed by atoms with Crippen LogP contribution in [-0.2, 0) is 19.0 Å². The van der Waals surface area contributed by atoms with Gasteiger partial charge in [-0.3, -0.25) is 0 Å². The second kappa shape index (κ2) is 8.45. The van der Waals surface area contributed by atoms with Gasteiger partial charge in [0.05, 0.1) is 24.4 Å². The molecule has 2 aliphatic rings. The van der Waals surface area contributed by atoms with E-state index in [0.29, 0.717) is 24.5 Å². The lowest BCUT2D eigenvalue weighted by atomic mass is 9.82. The summed E-state index contributed by atoms with van der Waals surface area (Å²) in [6.45, 7) is 8.29. The summed E-state index contributed by atoms with van der Waals surface area (Å²) in [5, 5.41) is 10.7. The van der Waals surface area contributed by atoms with E-state index in [9.17, 15) is 9.90 Å². The number of hydrogen-bond donors (Lipinski definition) is 1. The highest BCUT2D eigenvalue weighted by Gasteiger charge is 2.39. The van der Waals surface area contributed by atoms with Crippen LogP contribution in [0.1, 0.15) is 47.0 Å². The molecule has 1 saturated heterocycles. The van der Waals surface area contributed by atoms with E-state index < -0.39 is 6.10 Å². The van der Waals surface area contributed by atoms with Crippen molar-refractivity contribution in [1.29, 1.82) is 0 Å². The van der Waals surface area contributed by atoms with Crippen LogP contribution in [0, 0.1) is 17.8 Å². The zero-order valence-corrected chi connectivity index (χ0v) is 15.5. The first-order chi connectivity index (χ1) is 11.4. The fourth-order valence-corrected chi connectivity index (χ4v) is 3.84. The standard InChI is InChI=1S/C19H32O5/c1-6-14-7-8-18(21)24-17(14)10-15(20)12(3)19(22-5)11(2)9-16-13(4)23-16/h7-8,11-17,19-20H,6,9-10H2,1-5H3/t11-,12-,13-,14+,15+,16-,17+,19+/m0/s1. The predicted octanol–water partition coefficient (Wildman–Crippen LogP) is 2.71. The first-order valence-corrected chi connectivity index (χ1v) is 9.12. The van der Waals surface area contributed by atoms with E-state index in [-0.39, 0.29) is 30.0 Å². The van der Waals surface area contributed by atoms with E-state index in [1.54, 1.807) is 7.11 Å². The fraction of sp³-hybridized carbons (Fsp3) is 0.842. The summed E-state index contributed by atoms with van der Waals surface area (Å²) in [5.74, 6) is 0.108. The molecule has 0 aromatic heterocycles. The number of hydrogen-bond acceptors (Lipinski definition) is 5. The monoisotopic (exact) mass is 340 g/mol. The van der Waals surface area contributed by atoms with E-state index in [1.807, 2.05) is 13.0 Å². The molecule has 1 N–H and O–H groups in total. The Morgan fingerprint density at radius 1 is 1.29 bits per heavy atom. The minimum absolute atomic E-state index is 0.0406. The van der Waals surface area contributed by atoms with Crippen molar-refractivity contribution in [1.82, 2.24) is 0 Å². The molecule has 0 aromatic rings. The van der Waals surface area contributed by atoms with Gasteiger partial charge in [0.1, 0.15) is 6.10 Å². The van der Waals surface area contributed by atoms with E-state index in [4.69, 9.17) is 14.2 Å². The topological polar surface area (TPSA) is 68.3 Å². The van der Waals surface area contributed by atoms with E-state index in [2.05, 4.69) is 20.8 Å². The zero-order chi connectivity index (χ0) is 17.9. The number of methoxy groups -OCH3 is 1. The highest BCUT2D eigenvalue weighted by molar-refractivity contribution is 5.82. The van der Waals surface area contributed by atoms with Crippen molar-refractivity contribution in [3.63, 3.8) is 0 Å². The molecule has 2 heterocycles. The minimum Gasteiger partial charge on any atom is -0.458 e. The van der Waals surface area contributed by atoms with Crippen molar-refractivity contribution in [2.45, 2.75) is 77.5 Å². The summed E-state index contributed by atoms with van der Waals surface area (Å²) in [6.07, 6.45) is 5.42. The van der Waals surface area contributed by atoms with Gasteiger partial charge in [-0.15, -0.1) is 0 Å². The Hall–Kier alpha value is -0.910. The third-order valence-electron chi connectivity index (χ3n) is 5.57. The first kappa shape index (κ1) is 19.4. The average Bonchev–Trinajstić information content (AvgIpc) is 3.22. The molecule has 0 bridgehead atoms. The van der Waals surface area contributed by atoms with Gasteiger partial charge in [-0.05, 0) is 25.7 Å². The molecule has 2 aliphatic heterocycles. The number of carbonyl (C=O) groups is 1. The maximum atomic E-state index is 11.5. The Bertz CT molecular complexity index is 449. The van der Waals surface area contributed by atoms with Crippen LogP contribution >= 0.6 is 0 Å². The summed E-state index contributed by atoms with van der Waals surface area (Å²) in [5.41, 5.74) is 0. The molecule has 0 amide bonds. The molecule has 0 aromatic carbocycles. The Kier molecular flexibility index (Phi) is 6.84. The smallest absolute Gasteiger partial charge is 0.330 e. The number of cyclic esters (lactones) is 1. The lowest BCUT2D eigenvalue weighted by molar-refractivity contribution is -0.149. The Balaban J connectivity index is 1.92. The molecule has 0 spiro atoms. The van der Waals surface area contributed by atoms with Gasteiger partial charge in [0.15, 0.2) is 0 Å². The molecule has 1 fully saturated rings. The zero-order valence-electron chi connectivity index (χ0n) is 15.5. The molecule has 138 valence electrons. The number of rotatable bonds is 9. The summed E-state index contributed by atoms with van der Waals surface area (Å²) in [6, 6.07) is 0. The lowest BCUT2D eigenvalue weighted by Gasteiger charge is -2.34. The van der Waals surface area contributed by atoms with E-state index in [0.717, 1.165) is 12.8 Å². The highest BCUT2D eigenvalue weighted by Crippen LogP contribution is 2.33. The molecule has 24 heavy (non-hydrogen) atoms. The van der Waals surface area contributed by atoms with Gasteiger partial charge < -0.3 is 19.3 Å². The predicted molar refractivity (Wildman–Crippen MR) is 91.5 cm³/mol. The van der Waals surface area contributed by atoms with E-state index >= 15 is 0 Å². The molecule has 8 atom stereocenters. The summed E-state index contributed by atoms with van der Waals surface area (Å²) >= 11 is 0. The van der Waals surface area contributed by atoms with Crippen molar-refractivity contribution in [2.24, 2.45) is 17.8 Å². The molecule has 0 unspecified atom stereocenters. The Labute approximate surface area is 145 Å². The van der Waals surface area contributed by atoms with Crippen molar-refractivity contribution in [3.05, 3.63) is 12.2 Å². The van der Waals surface area contributed by atoms with Crippen molar-refractivity contribution in [3.8, 4) is 0 Å². The van der Waals surface area contributed by atoms with Gasteiger partial charge in [-0.25, -0.2) is 4.79 Å². The normalized spacial score (nSPS) is 34.3. The van der Waals surface area contributed by atoms with Gasteiger partial charge in [-0.2, -0.15) is 0 Å². The molecule has 5 nitrogen and oxygen atoms in total. The molecule has 0 radical (unpaired) electrons. The minimum atomic E-state index is -0.576. The van der Waals surface area contributed by atoms with Gasteiger partial charge in [0, 0.05) is 31.4 Å². The number of carbonyl (C=O) groups excluding carboxylic acids is 1. The third kappa shape index (κ3) is 4.80. The summed E-state index contributed by atoms with van der Waals surface area (Å²) in [7, 11) is 1.69. The molecule has 2 rings (SSSR count). The van der Waals surface area contributed by atoms with Crippen LogP contribution in [0.4, 0.5) is 0 Å². The maximum absolute atomic E-state index is 11.5. The summed E-state index contributed by atoms with van der Waals surface area (Å²) in [4.78, 5) is 11.5. The van der Waals surface area contributed by atoms with Gasteiger partial charge in [0.25, 0.3) is 0 Å².